The van der Waals surface area contributed by atoms with Crippen molar-refractivity contribution in [3.8, 4) is 11.1 Å². The highest BCUT2D eigenvalue weighted by atomic mass is 32.2. The first-order valence-electron chi connectivity index (χ1n) is 15.0. The highest BCUT2D eigenvalue weighted by molar-refractivity contribution is 8.00. The molecule has 242 valence electrons. The highest BCUT2D eigenvalue weighted by Crippen LogP contribution is 2.36. The number of hydrogen-bond donors (Lipinski definition) is 3. The number of carbonyl (C=O) groups is 4. The summed E-state index contributed by atoms with van der Waals surface area (Å²) in [4.78, 5) is 52.9. The van der Waals surface area contributed by atoms with Gasteiger partial charge in [0.2, 0.25) is 5.91 Å². The fourth-order valence-electron chi connectivity index (χ4n) is 4.74. The molecule has 3 N–H and O–H groups in total. The van der Waals surface area contributed by atoms with E-state index in [9.17, 15) is 19.2 Å². The third-order valence-electron chi connectivity index (χ3n) is 7.14. The van der Waals surface area contributed by atoms with Crippen LogP contribution in [0.4, 0.5) is 10.7 Å². The summed E-state index contributed by atoms with van der Waals surface area (Å²) < 4.78 is 5.03. The van der Waals surface area contributed by atoms with Crippen molar-refractivity contribution in [2.24, 2.45) is 0 Å². The normalized spacial score (nSPS) is 11.0. The Kier molecular flexibility index (Phi) is 11.2. The summed E-state index contributed by atoms with van der Waals surface area (Å²) in [5.74, 6) is -1.69. The maximum Gasteiger partial charge on any atom is 0.341 e. The molecule has 0 bridgehead atoms. The maximum atomic E-state index is 13.5. The van der Waals surface area contributed by atoms with E-state index < -0.39 is 17.8 Å². The van der Waals surface area contributed by atoms with Crippen molar-refractivity contribution in [1.82, 2.24) is 5.32 Å². The molecule has 8 nitrogen and oxygen atoms in total. The minimum atomic E-state index is -0.533. The Morgan fingerprint density at radius 3 is 2.29 bits per heavy atom. The molecule has 10 heteroatoms. The zero-order chi connectivity index (χ0) is 34.0. The molecule has 48 heavy (non-hydrogen) atoms. The van der Waals surface area contributed by atoms with Crippen molar-refractivity contribution in [1.29, 1.82) is 0 Å². The van der Waals surface area contributed by atoms with Crippen molar-refractivity contribution < 1.29 is 23.9 Å². The predicted octanol–water partition coefficient (Wildman–Crippen LogP) is 7.96. The van der Waals surface area contributed by atoms with Gasteiger partial charge < -0.3 is 20.7 Å². The molecule has 0 radical (unpaired) electrons. The van der Waals surface area contributed by atoms with Crippen LogP contribution in [0.5, 0.6) is 0 Å². The maximum absolute atomic E-state index is 13.5. The Hall–Kier alpha value is -5.45. The Balaban J connectivity index is 1.27. The number of hydrogen-bond acceptors (Lipinski definition) is 7. The summed E-state index contributed by atoms with van der Waals surface area (Å²) in [6.45, 7) is 3.93. The molecule has 1 aromatic heterocycles. The van der Waals surface area contributed by atoms with Gasteiger partial charge in [-0.1, -0.05) is 83.9 Å². The van der Waals surface area contributed by atoms with E-state index in [2.05, 4.69) is 16.0 Å². The largest absolute Gasteiger partial charge is 0.465 e. The second-order valence-corrected chi connectivity index (χ2v) is 12.8. The molecule has 0 fully saturated rings. The highest BCUT2D eigenvalue weighted by Gasteiger charge is 2.22. The Morgan fingerprint density at radius 1 is 0.812 bits per heavy atom. The van der Waals surface area contributed by atoms with E-state index in [0.29, 0.717) is 27.4 Å². The third-order valence-corrected chi connectivity index (χ3v) is 9.03. The summed E-state index contributed by atoms with van der Waals surface area (Å²) in [5.41, 5.74) is 5.70. The molecule has 3 amide bonds. The van der Waals surface area contributed by atoms with Gasteiger partial charge in [0.05, 0.1) is 12.9 Å². The fraction of sp³-hybridized carbons (Fsp3) is 0.105. The Bertz CT molecular complexity index is 1990. The number of rotatable bonds is 11. The van der Waals surface area contributed by atoms with Crippen LogP contribution in [0.3, 0.4) is 0 Å². The van der Waals surface area contributed by atoms with Crippen LogP contribution >= 0.6 is 23.1 Å². The molecule has 0 spiro atoms. The number of anilines is 2. The van der Waals surface area contributed by atoms with Crippen LogP contribution in [0.2, 0.25) is 0 Å². The minimum absolute atomic E-state index is 0.0570. The van der Waals surface area contributed by atoms with E-state index in [1.165, 1.54) is 30.2 Å². The van der Waals surface area contributed by atoms with Gasteiger partial charge in [0.25, 0.3) is 11.8 Å². The number of thioether (sulfide) groups is 1. The SMILES string of the molecule is COC(=O)c1c(-c2ccc(C)cc2)csc1NC(=O)CSc1cccc(NC(=O)/C(=C\c2cccc(C)c2)NC(=O)c2ccccc2)c1. The van der Waals surface area contributed by atoms with Crippen molar-refractivity contribution >= 4 is 63.6 Å². The standard InChI is InChI=1S/C38H33N3O5S2/c1-24-15-17-27(18-16-24)31-22-48-37(34(31)38(45)46-3)41-33(42)23-47-30-14-8-13-29(21-30)39-36(44)32(20-26-10-7-9-25(2)19-26)40-35(43)28-11-5-4-6-12-28/h4-22H,23H2,1-3H3,(H,39,44)(H,40,43)(H,41,42)/b32-20+. The molecule has 4 aromatic carbocycles. The van der Waals surface area contributed by atoms with Crippen molar-refractivity contribution in [2.45, 2.75) is 18.7 Å². The summed E-state index contributed by atoms with van der Waals surface area (Å²) in [6, 6.07) is 31.1. The van der Waals surface area contributed by atoms with Crippen LogP contribution < -0.4 is 16.0 Å². The number of methoxy groups -OCH3 is 1. The molecule has 0 atom stereocenters. The lowest BCUT2D eigenvalue weighted by Gasteiger charge is -2.12. The van der Waals surface area contributed by atoms with Gasteiger partial charge in [-0.05, 0) is 61.4 Å². The lowest BCUT2D eigenvalue weighted by atomic mass is 10.0. The number of thiophene rings is 1. The van der Waals surface area contributed by atoms with Crippen LogP contribution in [-0.2, 0) is 14.3 Å². The van der Waals surface area contributed by atoms with Crippen LogP contribution in [0.15, 0.2) is 119 Å². The second-order valence-electron chi connectivity index (χ2n) is 10.8. The quantitative estimate of drug-likeness (QED) is 0.0744. The van der Waals surface area contributed by atoms with Crippen LogP contribution in [0.25, 0.3) is 17.2 Å². The summed E-state index contributed by atoms with van der Waals surface area (Å²) in [7, 11) is 1.31. The van der Waals surface area contributed by atoms with Crippen LogP contribution in [0.1, 0.15) is 37.4 Å². The Labute approximate surface area is 287 Å². The van der Waals surface area contributed by atoms with E-state index in [0.717, 1.165) is 27.1 Å². The third kappa shape index (κ3) is 8.87. The van der Waals surface area contributed by atoms with Gasteiger partial charge in [-0.15, -0.1) is 23.1 Å². The lowest BCUT2D eigenvalue weighted by molar-refractivity contribution is -0.114. The van der Waals surface area contributed by atoms with Crippen molar-refractivity contribution in [3.05, 3.63) is 142 Å². The number of aryl methyl sites for hydroxylation is 2. The molecule has 0 saturated carbocycles. The molecule has 0 saturated heterocycles. The number of carbonyl (C=O) groups excluding carboxylic acids is 4. The molecular weight excluding hydrogens is 643 g/mol. The van der Waals surface area contributed by atoms with Gasteiger partial charge in [-0.3, -0.25) is 14.4 Å². The molecule has 0 aliphatic carbocycles. The monoisotopic (exact) mass is 675 g/mol. The average Bonchev–Trinajstić information content (AvgIpc) is 3.50. The van der Waals surface area contributed by atoms with E-state index in [-0.39, 0.29) is 17.4 Å². The van der Waals surface area contributed by atoms with E-state index >= 15 is 0 Å². The molecule has 5 rings (SSSR count). The zero-order valence-electron chi connectivity index (χ0n) is 26.5. The van der Waals surface area contributed by atoms with Gasteiger partial charge in [0.15, 0.2) is 0 Å². The van der Waals surface area contributed by atoms with Gasteiger partial charge in [0, 0.05) is 27.1 Å². The average molecular weight is 676 g/mol. The Morgan fingerprint density at radius 2 is 1.56 bits per heavy atom. The number of amides is 3. The first-order chi connectivity index (χ1) is 23.2. The van der Waals surface area contributed by atoms with Gasteiger partial charge in [0.1, 0.15) is 16.3 Å². The number of benzene rings is 4. The molecular formula is C38H33N3O5S2. The van der Waals surface area contributed by atoms with Crippen molar-refractivity contribution in [3.63, 3.8) is 0 Å². The number of esters is 1. The van der Waals surface area contributed by atoms with Crippen LogP contribution in [0, 0.1) is 13.8 Å². The van der Waals surface area contributed by atoms with Gasteiger partial charge in [-0.2, -0.15) is 0 Å². The van der Waals surface area contributed by atoms with Gasteiger partial charge >= 0.3 is 5.97 Å². The molecule has 1 heterocycles. The first-order valence-corrected chi connectivity index (χ1v) is 16.8. The first kappa shape index (κ1) is 33.9. The molecule has 0 aliphatic heterocycles. The summed E-state index contributed by atoms with van der Waals surface area (Å²) in [6.07, 6.45) is 1.63. The summed E-state index contributed by atoms with van der Waals surface area (Å²) >= 11 is 2.54. The smallest absolute Gasteiger partial charge is 0.341 e. The fourth-order valence-corrected chi connectivity index (χ4v) is 6.47. The van der Waals surface area contributed by atoms with E-state index in [4.69, 9.17) is 4.74 Å². The number of nitrogens with one attached hydrogen (secondary N) is 3. The van der Waals surface area contributed by atoms with Gasteiger partial charge in [-0.25, -0.2) is 4.79 Å². The zero-order valence-corrected chi connectivity index (χ0v) is 28.2. The second kappa shape index (κ2) is 15.9. The van der Waals surface area contributed by atoms with E-state index in [1.807, 2.05) is 79.9 Å². The lowest BCUT2D eigenvalue weighted by Crippen LogP contribution is -2.30. The van der Waals surface area contributed by atoms with Crippen LogP contribution in [-0.4, -0.2) is 36.6 Å². The number of ether oxygens (including phenoxy) is 1. The minimum Gasteiger partial charge on any atom is -0.465 e. The predicted molar refractivity (Wildman–Crippen MR) is 193 cm³/mol. The topological polar surface area (TPSA) is 114 Å². The molecule has 5 aromatic rings. The molecule has 0 aliphatic rings. The van der Waals surface area contributed by atoms with E-state index in [1.54, 1.807) is 48.5 Å². The molecule has 0 unspecified atom stereocenters. The summed E-state index contributed by atoms with van der Waals surface area (Å²) in [5, 5.41) is 10.7. The van der Waals surface area contributed by atoms with Crippen molar-refractivity contribution in [2.75, 3.05) is 23.5 Å².